The molecule has 0 N–H and O–H groups in total. The van der Waals surface area contributed by atoms with Crippen molar-refractivity contribution in [3.63, 3.8) is 0 Å². The first-order chi connectivity index (χ1) is 16.2. The molecule has 0 radical (unpaired) electrons. The van der Waals surface area contributed by atoms with Gasteiger partial charge in [-0.2, -0.15) is 9.40 Å². The molecule has 1 fully saturated rings. The van der Waals surface area contributed by atoms with Gasteiger partial charge in [-0.15, -0.1) is 0 Å². The Balaban J connectivity index is 1.56. The summed E-state index contributed by atoms with van der Waals surface area (Å²) in [6.07, 6.45) is 2.88. The van der Waals surface area contributed by atoms with Crippen molar-refractivity contribution in [2.45, 2.75) is 18.7 Å². The van der Waals surface area contributed by atoms with E-state index >= 15 is 0 Å². The highest BCUT2D eigenvalue weighted by atomic mass is 32.2. The highest BCUT2D eigenvalue weighted by molar-refractivity contribution is 7.89. The average Bonchev–Trinajstić information content (AvgIpc) is 3.40. The number of aromatic nitrogens is 3. The van der Waals surface area contributed by atoms with Crippen molar-refractivity contribution in [3.8, 4) is 5.69 Å². The van der Waals surface area contributed by atoms with Crippen molar-refractivity contribution in [3.05, 3.63) is 65.2 Å². The number of hydrogen-bond acceptors (Lipinski definition) is 7. The predicted molar refractivity (Wildman–Crippen MR) is 123 cm³/mol. The molecule has 1 aliphatic rings. The Hall–Kier alpha value is -3.28. The zero-order valence-corrected chi connectivity index (χ0v) is 20.0. The highest BCUT2D eigenvalue weighted by Gasteiger charge is 2.27. The lowest BCUT2D eigenvalue weighted by Gasteiger charge is -2.26. The molecule has 4 rings (SSSR count). The molecule has 1 aromatic carbocycles. The molecule has 3 heterocycles. The van der Waals surface area contributed by atoms with Crippen LogP contribution in [0.1, 0.15) is 32.1 Å². The van der Waals surface area contributed by atoms with E-state index in [0.717, 1.165) is 5.69 Å². The molecular formula is C23H26N4O6S. The first-order valence-corrected chi connectivity index (χ1v) is 12.2. The van der Waals surface area contributed by atoms with E-state index in [1.54, 1.807) is 44.3 Å². The molecular weight excluding hydrogens is 460 g/mol. The highest BCUT2D eigenvalue weighted by Crippen LogP contribution is 2.25. The Morgan fingerprint density at radius 3 is 2.56 bits per heavy atom. The molecule has 0 amide bonds. The van der Waals surface area contributed by atoms with Gasteiger partial charge in [0.1, 0.15) is 0 Å². The number of ketones is 1. The standard InChI is InChI=1S/C23H26N4O6S/c1-16-11-21(22(28)15-33-23(29)18-13-24-25(3)14-18)17(2)27(16)19-5-4-6-20(12-19)34(30,31)26-7-9-32-10-8-26/h4-6,11-14H,7-10,15H2,1-3H3. The van der Waals surface area contributed by atoms with E-state index in [1.807, 2.05) is 11.5 Å². The van der Waals surface area contributed by atoms with Crippen LogP contribution in [0.5, 0.6) is 0 Å². The van der Waals surface area contributed by atoms with Crippen LogP contribution >= 0.6 is 0 Å². The minimum atomic E-state index is -3.66. The molecule has 1 saturated heterocycles. The monoisotopic (exact) mass is 486 g/mol. The van der Waals surface area contributed by atoms with Crippen LogP contribution in [0.15, 0.2) is 47.6 Å². The Morgan fingerprint density at radius 2 is 1.88 bits per heavy atom. The van der Waals surface area contributed by atoms with Crippen LogP contribution in [-0.4, -0.2) is 71.7 Å². The maximum absolute atomic E-state index is 13.1. The molecule has 0 atom stereocenters. The molecule has 1 aliphatic heterocycles. The third kappa shape index (κ3) is 4.67. The molecule has 3 aromatic rings. The number of nitrogens with zero attached hydrogens (tertiary/aromatic N) is 4. The summed E-state index contributed by atoms with van der Waals surface area (Å²) in [5, 5.41) is 3.92. The third-order valence-corrected chi connectivity index (χ3v) is 7.58. The average molecular weight is 487 g/mol. The second-order valence-electron chi connectivity index (χ2n) is 8.04. The molecule has 0 bridgehead atoms. The minimum absolute atomic E-state index is 0.178. The Morgan fingerprint density at radius 1 is 1.15 bits per heavy atom. The molecule has 0 spiro atoms. The zero-order chi connectivity index (χ0) is 24.5. The fraction of sp³-hybridized carbons (Fsp3) is 0.348. The number of benzene rings is 1. The van der Waals surface area contributed by atoms with Crippen molar-refractivity contribution in [2.75, 3.05) is 32.9 Å². The molecule has 10 nitrogen and oxygen atoms in total. The normalized spacial score (nSPS) is 14.8. The largest absolute Gasteiger partial charge is 0.454 e. The summed E-state index contributed by atoms with van der Waals surface area (Å²) < 4.78 is 41.3. The quantitative estimate of drug-likeness (QED) is 0.370. The summed E-state index contributed by atoms with van der Waals surface area (Å²) in [6.45, 7) is 4.54. The summed E-state index contributed by atoms with van der Waals surface area (Å²) in [7, 11) is -1.98. The van der Waals surface area contributed by atoms with Crippen LogP contribution in [0.2, 0.25) is 0 Å². The molecule has 0 unspecified atom stereocenters. The van der Waals surface area contributed by atoms with E-state index in [2.05, 4.69) is 5.10 Å². The maximum Gasteiger partial charge on any atom is 0.341 e. The summed E-state index contributed by atoms with van der Waals surface area (Å²) >= 11 is 0. The van der Waals surface area contributed by atoms with E-state index in [9.17, 15) is 18.0 Å². The fourth-order valence-corrected chi connectivity index (χ4v) is 5.43. The first kappa shape index (κ1) is 23.9. The number of carbonyl (C=O) groups is 2. The van der Waals surface area contributed by atoms with Crippen LogP contribution in [-0.2, 0) is 26.5 Å². The molecule has 11 heteroatoms. The summed E-state index contributed by atoms with van der Waals surface area (Å²) in [5.41, 5.74) is 2.66. The number of rotatable bonds is 7. The van der Waals surface area contributed by atoms with Gasteiger partial charge in [-0.25, -0.2) is 13.2 Å². The molecule has 0 aliphatic carbocycles. The van der Waals surface area contributed by atoms with E-state index in [-0.39, 0.29) is 16.2 Å². The number of ether oxygens (including phenoxy) is 2. The number of sulfonamides is 1. The second-order valence-corrected chi connectivity index (χ2v) is 9.97. The minimum Gasteiger partial charge on any atom is -0.454 e. The summed E-state index contributed by atoms with van der Waals surface area (Å²) in [5.74, 6) is -0.982. The maximum atomic E-state index is 13.1. The third-order valence-electron chi connectivity index (χ3n) is 5.69. The number of esters is 1. The van der Waals surface area contributed by atoms with Gasteiger partial charge in [0.05, 0.1) is 29.9 Å². The van der Waals surface area contributed by atoms with E-state index < -0.39 is 22.6 Å². The van der Waals surface area contributed by atoms with Crippen LogP contribution in [0.3, 0.4) is 0 Å². The van der Waals surface area contributed by atoms with E-state index in [1.165, 1.54) is 21.4 Å². The zero-order valence-electron chi connectivity index (χ0n) is 19.2. The lowest BCUT2D eigenvalue weighted by molar-refractivity contribution is 0.0474. The number of morpholine rings is 1. The van der Waals surface area contributed by atoms with Crippen LogP contribution in [0, 0.1) is 13.8 Å². The lowest BCUT2D eigenvalue weighted by atomic mass is 10.1. The number of Topliss-reactive ketones (excluding diaryl/α,β-unsaturated/α-hetero) is 1. The Kier molecular flexibility index (Phi) is 6.69. The van der Waals surface area contributed by atoms with Crippen molar-refractivity contribution < 1.29 is 27.5 Å². The van der Waals surface area contributed by atoms with Crippen molar-refractivity contribution >= 4 is 21.8 Å². The second kappa shape index (κ2) is 9.53. The van der Waals surface area contributed by atoms with Gasteiger partial charge in [0.25, 0.3) is 0 Å². The fourth-order valence-electron chi connectivity index (χ4n) is 3.98. The SMILES string of the molecule is Cc1cc(C(=O)COC(=O)c2cnn(C)c2)c(C)n1-c1cccc(S(=O)(=O)N2CCOCC2)c1. The first-order valence-electron chi connectivity index (χ1n) is 10.7. The molecule has 2 aromatic heterocycles. The lowest BCUT2D eigenvalue weighted by Crippen LogP contribution is -2.40. The van der Waals surface area contributed by atoms with Gasteiger partial charge < -0.3 is 14.0 Å². The van der Waals surface area contributed by atoms with Gasteiger partial charge in [0.15, 0.2) is 6.61 Å². The Labute approximate surface area is 197 Å². The molecule has 180 valence electrons. The van der Waals surface area contributed by atoms with Crippen LogP contribution in [0.4, 0.5) is 0 Å². The number of hydrogen-bond donors (Lipinski definition) is 0. The van der Waals surface area contributed by atoms with E-state index in [0.29, 0.717) is 43.2 Å². The van der Waals surface area contributed by atoms with Crippen LogP contribution in [0.25, 0.3) is 5.69 Å². The van der Waals surface area contributed by atoms with Gasteiger partial charge in [-0.05, 0) is 38.1 Å². The number of carbonyl (C=O) groups excluding carboxylic acids is 2. The smallest absolute Gasteiger partial charge is 0.341 e. The van der Waals surface area contributed by atoms with Crippen LogP contribution < -0.4 is 0 Å². The van der Waals surface area contributed by atoms with E-state index in [4.69, 9.17) is 9.47 Å². The van der Waals surface area contributed by atoms with Crippen molar-refractivity contribution in [2.24, 2.45) is 7.05 Å². The van der Waals surface area contributed by atoms with Gasteiger partial charge in [-0.3, -0.25) is 9.48 Å². The van der Waals surface area contributed by atoms with Crippen molar-refractivity contribution in [1.82, 2.24) is 18.7 Å². The molecule has 34 heavy (non-hydrogen) atoms. The van der Waals surface area contributed by atoms with Gasteiger partial charge in [0, 0.05) is 49.0 Å². The van der Waals surface area contributed by atoms with Gasteiger partial charge in [-0.1, -0.05) is 6.07 Å². The summed E-state index contributed by atoms with van der Waals surface area (Å²) in [4.78, 5) is 25.1. The summed E-state index contributed by atoms with van der Waals surface area (Å²) in [6, 6.07) is 8.33. The van der Waals surface area contributed by atoms with Gasteiger partial charge in [0.2, 0.25) is 15.8 Å². The van der Waals surface area contributed by atoms with Gasteiger partial charge >= 0.3 is 5.97 Å². The predicted octanol–water partition coefficient (Wildman–Crippen LogP) is 1.89. The number of aryl methyl sites for hydroxylation is 2. The Bertz CT molecular complexity index is 1340. The molecule has 0 saturated carbocycles. The topological polar surface area (TPSA) is 113 Å². The van der Waals surface area contributed by atoms with Crippen molar-refractivity contribution in [1.29, 1.82) is 0 Å².